The molecule has 4 unspecified atom stereocenters. The van der Waals surface area contributed by atoms with Crippen LogP contribution in [-0.2, 0) is 16.0 Å². The van der Waals surface area contributed by atoms with Crippen molar-refractivity contribution in [3.8, 4) is 11.5 Å². The van der Waals surface area contributed by atoms with Crippen LogP contribution in [0, 0.1) is 35.3 Å². The molecule has 224 valence electrons. The third-order valence-corrected chi connectivity index (χ3v) is 9.80. The molecular weight excluding hydrogens is 522 g/mol. The summed E-state index contributed by atoms with van der Waals surface area (Å²) in [6, 6.07) is 12.1. The van der Waals surface area contributed by atoms with Gasteiger partial charge in [0.25, 0.3) is 0 Å². The second-order valence-electron chi connectivity index (χ2n) is 12.5. The van der Waals surface area contributed by atoms with Crippen LogP contribution < -0.4 is 9.47 Å². The van der Waals surface area contributed by atoms with Gasteiger partial charge in [0.15, 0.2) is 11.5 Å². The van der Waals surface area contributed by atoms with Gasteiger partial charge in [-0.15, -0.1) is 0 Å². The van der Waals surface area contributed by atoms with Crippen molar-refractivity contribution in [1.82, 2.24) is 0 Å². The predicted molar refractivity (Wildman–Crippen MR) is 156 cm³/mol. The molecule has 0 radical (unpaired) electrons. The molecule has 3 aliphatic carbocycles. The molecule has 0 spiro atoms. The third kappa shape index (κ3) is 7.42. The molecule has 6 heteroatoms. The van der Waals surface area contributed by atoms with Gasteiger partial charge in [-0.1, -0.05) is 37.6 Å². The van der Waals surface area contributed by atoms with Gasteiger partial charge in [0.2, 0.25) is 11.6 Å². The lowest BCUT2D eigenvalue weighted by atomic mass is 9.65. The Bertz CT molecular complexity index is 1140. The fraction of sp³-hybridized carbons (Fsp3) is 0.629. The van der Waals surface area contributed by atoms with Gasteiger partial charge < -0.3 is 14.2 Å². The number of fused-ring (bicyclic) bond motifs is 1. The van der Waals surface area contributed by atoms with E-state index in [2.05, 4.69) is 31.2 Å². The van der Waals surface area contributed by atoms with E-state index in [9.17, 15) is 13.6 Å². The molecule has 0 bridgehead atoms. The van der Waals surface area contributed by atoms with Gasteiger partial charge in [-0.05, 0) is 124 Å². The average molecular weight is 569 g/mol. The maximum Gasteiger partial charge on any atom is 0.309 e. The number of hydrogen-bond donors (Lipinski definition) is 0. The van der Waals surface area contributed by atoms with E-state index in [1.165, 1.54) is 48.9 Å². The van der Waals surface area contributed by atoms with E-state index in [1.807, 2.05) is 0 Å². The van der Waals surface area contributed by atoms with E-state index in [-0.39, 0.29) is 42.0 Å². The molecule has 0 heterocycles. The number of aryl methyl sites for hydroxylation is 1. The van der Waals surface area contributed by atoms with Crippen molar-refractivity contribution in [2.75, 3.05) is 13.2 Å². The van der Waals surface area contributed by atoms with Crippen LogP contribution in [0.25, 0.3) is 0 Å². The molecule has 2 aromatic carbocycles. The summed E-state index contributed by atoms with van der Waals surface area (Å²) in [6.45, 7) is 4.52. The van der Waals surface area contributed by atoms with Gasteiger partial charge >= 0.3 is 5.97 Å². The number of rotatable bonds is 10. The Morgan fingerprint density at radius 1 is 0.780 bits per heavy atom. The SMILES string of the molecule is CCCc1ccc(C2CCC3CC(OC(=O)C4CCC(COc5ccc(OCC)c(F)c5F)CC4)CCC3C2)cc1. The zero-order valence-corrected chi connectivity index (χ0v) is 24.7. The van der Waals surface area contributed by atoms with Gasteiger partial charge in [0, 0.05) is 0 Å². The lowest BCUT2D eigenvalue weighted by Gasteiger charge is -2.42. The Hall–Kier alpha value is -2.63. The molecule has 4 atom stereocenters. The van der Waals surface area contributed by atoms with Crippen LogP contribution in [0.2, 0.25) is 0 Å². The van der Waals surface area contributed by atoms with Crippen LogP contribution in [0.4, 0.5) is 8.78 Å². The van der Waals surface area contributed by atoms with Crippen molar-refractivity contribution >= 4 is 5.97 Å². The first-order valence-corrected chi connectivity index (χ1v) is 16.0. The molecule has 5 rings (SSSR count). The number of hydrogen-bond acceptors (Lipinski definition) is 4. The Labute approximate surface area is 244 Å². The van der Waals surface area contributed by atoms with Crippen molar-refractivity contribution in [2.24, 2.45) is 23.7 Å². The zero-order chi connectivity index (χ0) is 28.8. The maximum atomic E-state index is 14.3. The minimum atomic E-state index is -1.02. The highest BCUT2D eigenvalue weighted by Crippen LogP contribution is 2.47. The first kappa shape index (κ1) is 29.8. The molecule has 2 aromatic rings. The minimum Gasteiger partial charge on any atom is -0.491 e. The first-order valence-electron chi connectivity index (χ1n) is 16.0. The zero-order valence-electron chi connectivity index (χ0n) is 24.7. The van der Waals surface area contributed by atoms with Crippen LogP contribution >= 0.6 is 0 Å². The molecule has 3 fully saturated rings. The highest BCUT2D eigenvalue weighted by molar-refractivity contribution is 5.72. The molecule has 0 saturated heterocycles. The van der Waals surface area contributed by atoms with Gasteiger partial charge in [0.05, 0.1) is 19.1 Å². The molecule has 3 aliphatic rings. The fourth-order valence-corrected chi connectivity index (χ4v) is 7.43. The van der Waals surface area contributed by atoms with Crippen molar-refractivity contribution in [3.05, 3.63) is 59.2 Å². The number of halogens is 2. The van der Waals surface area contributed by atoms with Gasteiger partial charge in [-0.2, -0.15) is 8.78 Å². The summed E-state index contributed by atoms with van der Waals surface area (Å²) in [4.78, 5) is 13.0. The third-order valence-electron chi connectivity index (χ3n) is 9.80. The lowest BCUT2D eigenvalue weighted by Crippen LogP contribution is -2.36. The van der Waals surface area contributed by atoms with Crippen LogP contribution in [0.3, 0.4) is 0 Å². The number of esters is 1. The van der Waals surface area contributed by atoms with Crippen LogP contribution in [0.5, 0.6) is 11.5 Å². The van der Waals surface area contributed by atoms with Crippen LogP contribution in [0.15, 0.2) is 36.4 Å². The molecule has 41 heavy (non-hydrogen) atoms. The Kier molecular flexibility index (Phi) is 10.2. The summed E-state index contributed by atoms with van der Waals surface area (Å²) in [6.07, 6.45) is 12.4. The largest absolute Gasteiger partial charge is 0.491 e. The monoisotopic (exact) mass is 568 g/mol. The summed E-state index contributed by atoms with van der Waals surface area (Å²) in [7, 11) is 0. The second-order valence-corrected chi connectivity index (χ2v) is 12.5. The quantitative estimate of drug-likeness (QED) is 0.269. The van der Waals surface area contributed by atoms with Gasteiger partial charge in [0.1, 0.15) is 6.10 Å². The highest BCUT2D eigenvalue weighted by Gasteiger charge is 2.38. The van der Waals surface area contributed by atoms with E-state index >= 15 is 0 Å². The molecule has 0 aromatic heterocycles. The van der Waals surface area contributed by atoms with E-state index in [4.69, 9.17) is 14.2 Å². The van der Waals surface area contributed by atoms with E-state index < -0.39 is 11.6 Å². The Morgan fingerprint density at radius 3 is 2.12 bits per heavy atom. The van der Waals surface area contributed by atoms with E-state index in [0.29, 0.717) is 18.4 Å². The molecule has 0 aliphatic heterocycles. The number of benzene rings is 2. The van der Waals surface area contributed by atoms with Crippen molar-refractivity contribution in [3.63, 3.8) is 0 Å². The van der Waals surface area contributed by atoms with Crippen molar-refractivity contribution in [1.29, 1.82) is 0 Å². The first-order chi connectivity index (χ1) is 19.9. The van der Waals surface area contributed by atoms with Crippen LogP contribution in [0.1, 0.15) is 102 Å². The summed E-state index contributed by atoms with van der Waals surface area (Å²) in [5.74, 6) is -0.0823. The molecule has 4 nitrogen and oxygen atoms in total. The van der Waals surface area contributed by atoms with Crippen molar-refractivity contribution in [2.45, 2.75) is 103 Å². The molecule has 0 N–H and O–H groups in total. The standard InChI is InChI=1S/C35H46F2O4/c1-3-5-23-6-10-25(11-7-23)27-14-15-29-21-30(17-16-28(29)20-27)41-35(38)26-12-8-24(9-13-26)22-40-32-19-18-31(39-4-2)33(36)34(32)37/h6-7,10-11,18-19,24,26-30H,3-5,8-9,12-17,20-22H2,1-2H3. The topological polar surface area (TPSA) is 44.8 Å². The summed E-state index contributed by atoms with van der Waals surface area (Å²) in [5, 5.41) is 0. The van der Waals surface area contributed by atoms with Crippen LogP contribution in [-0.4, -0.2) is 25.3 Å². The predicted octanol–water partition coefficient (Wildman–Crippen LogP) is 8.80. The molecular formula is C35H46F2O4. The summed E-state index contributed by atoms with van der Waals surface area (Å²) in [5.41, 5.74) is 2.93. The molecule has 0 amide bonds. The smallest absolute Gasteiger partial charge is 0.309 e. The van der Waals surface area contributed by atoms with E-state index in [1.54, 1.807) is 6.92 Å². The normalized spacial score (nSPS) is 28.0. The fourth-order valence-electron chi connectivity index (χ4n) is 7.43. The summed E-state index contributed by atoms with van der Waals surface area (Å²) >= 11 is 0. The summed E-state index contributed by atoms with van der Waals surface area (Å²) < 4.78 is 45.3. The Morgan fingerprint density at radius 2 is 1.44 bits per heavy atom. The van der Waals surface area contributed by atoms with Gasteiger partial charge in [-0.3, -0.25) is 4.79 Å². The van der Waals surface area contributed by atoms with Crippen molar-refractivity contribution < 1.29 is 27.8 Å². The Balaban J connectivity index is 1.03. The minimum absolute atomic E-state index is 0.0479. The highest BCUT2D eigenvalue weighted by atomic mass is 19.2. The van der Waals surface area contributed by atoms with Gasteiger partial charge in [-0.25, -0.2) is 0 Å². The number of ether oxygens (including phenoxy) is 3. The maximum absolute atomic E-state index is 14.3. The van der Waals surface area contributed by atoms with E-state index in [0.717, 1.165) is 57.3 Å². The molecule has 3 saturated carbocycles. The second kappa shape index (κ2) is 14.0. The lowest BCUT2D eigenvalue weighted by molar-refractivity contribution is -0.159. The average Bonchev–Trinajstić information content (AvgIpc) is 3.00. The number of carbonyl (C=O) groups is 1. The number of carbonyl (C=O) groups excluding carboxylic acids is 1.